The Balaban J connectivity index is 1.85. The number of carbonyl (C=O) groups excluding carboxylic acids is 1. The number of hydrogen-bond acceptors (Lipinski definition) is 3. The van der Waals surface area contributed by atoms with Crippen LogP contribution in [0, 0.1) is 0 Å². The van der Waals surface area contributed by atoms with Crippen LogP contribution in [0.4, 0.5) is 5.69 Å². The van der Waals surface area contributed by atoms with Crippen LogP contribution in [0.25, 0.3) is 0 Å². The van der Waals surface area contributed by atoms with Crippen molar-refractivity contribution in [2.45, 2.75) is 10.9 Å². The van der Waals surface area contributed by atoms with Gasteiger partial charge in [0, 0.05) is 26.5 Å². The second-order valence-corrected chi connectivity index (χ2v) is 7.30. The van der Waals surface area contributed by atoms with Gasteiger partial charge in [-0.2, -0.15) is 0 Å². The fourth-order valence-corrected chi connectivity index (χ4v) is 4.18. The quantitative estimate of drug-likeness (QED) is 0.791. The molecular weight excluding hydrogens is 360 g/mol. The van der Waals surface area contributed by atoms with Gasteiger partial charge in [0.15, 0.2) is 0 Å². The van der Waals surface area contributed by atoms with Crippen molar-refractivity contribution in [3.05, 3.63) is 69.0 Å². The maximum atomic E-state index is 12.3. The Kier molecular flexibility index (Phi) is 3.47. The van der Waals surface area contributed by atoms with Crippen LogP contribution in [0.15, 0.2) is 68.4 Å². The van der Waals surface area contributed by atoms with Gasteiger partial charge in [0.2, 0.25) is 0 Å². The van der Waals surface area contributed by atoms with Crippen LogP contribution in [0.3, 0.4) is 0 Å². The van der Waals surface area contributed by atoms with E-state index in [9.17, 15) is 4.79 Å². The third kappa shape index (κ3) is 2.34. The maximum absolute atomic E-state index is 12.3. The maximum Gasteiger partial charge on any atom is 0.250 e. The number of hydrogen-bond donors (Lipinski definition) is 2. The van der Waals surface area contributed by atoms with E-state index in [4.69, 9.17) is 0 Å². The summed E-state index contributed by atoms with van der Waals surface area (Å²) in [6.45, 7) is 0.613. The number of carbonyl (C=O) groups is 1. The first-order valence-electron chi connectivity index (χ1n) is 7.02. The summed E-state index contributed by atoms with van der Waals surface area (Å²) in [5, 5.41) is 6.49. The molecule has 1 amide bonds. The molecule has 2 aromatic carbocycles. The van der Waals surface area contributed by atoms with E-state index in [0.29, 0.717) is 6.54 Å². The van der Waals surface area contributed by atoms with Crippen LogP contribution in [-0.4, -0.2) is 12.5 Å². The molecule has 1 atom stereocenters. The molecular formula is C17H13BrN2OS. The predicted molar refractivity (Wildman–Crippen MR) is 92.8 cm³/mol. The molecule has 0 aromatic heterocycles. The van der Waals surface area contributed by atoms with E-state index < -0.39 is 0 Å². The highest BCUT2D eigenvalue weighted by Gasteiger charge is 2.34. The first-order chi connectivity index (χ1) is 10.7. The summed E-state index contributed by atoms with van der Waals surface area (Å²) in [5.74, 6) is 0.0238. The van der Waals surface area contributed by atoms with Crippen LogP contribution >= 0.6 is 27.7 Å². The van der Waals surface area contributed by atoms with Crippen LogP contribution in [-0.2, 0) is 4.79 Å². The van der Waals surface area contributed by atoms with Crippen molar-refractivity contribution in [1.29, 1.82) is 0 Å². The molecule has 2 N–H and O–H groups in total. The molecule has 5 heteroatoms. The number of anilines is 1. The van der Waals surface area contributed by atoms with E-state index in [1.165, 1.54) is 0 Å². The molecule has 4 rings (SSSR count). The third-order valence-electron chi connectivity index (χ3n) is 3.87. The fraction of sp³-hybridized carbons (Fsp3) is 0.118. The Morgan fingerprint density at radius 1 is 1.09 bits per heavy atom. The lowest BCUT2D eigenvalue weighted by molar-refractivity contribution is -0.116. The summed E-state index contributed by atoms with van der Waals surface area (Å²) in [5.41, 5.74) is 3.00. The zero-order valence-electron chi connectivity index (χ0n) is 11.6. The normalized spacial score (nSPS) is 19.9. The number of halogens is 1. The van der Waals surface area contributed by atoms with Crippen LogP contribution in [0.5, 0.6) is 0 Å². The standard InChI is InChI=1S/C17H13BrN2OS/c18-11-7-5-10(6-8-11)16-15-14(9-19-17(15)21)22-13-4-2-1-3-12(13)20-16/h1-8,16,20H,9H2,(H,19,21)/t16-/m1/s1. The van der Waals surface area contributed by atoms with E-state index in [1.807, 2.05) is 24.3 Å². The van der Waals surface area contributed by atoms with Crippen LogP contribution in [0.1, 0.15) is 11.6 Å². The Bertz CT molecular complexity index is 786. The second kappa shape index (κ2) is 5.48. The highest BCUT2D eigenvalue weighted by atomic mass is 79.9. The molecule has 0 aliphatic carbocycles. The molecule has 22 heavy (non-hydrogen) atoms. The molecule has 0 bridgehead atoms. The SMILES string of the molecule is O=C1NCC2=C1[C@@H](c1ccc(Br)cc1)Nc1ccccc1S2. The largest absolute Gasteiger partial charge is 0.373 e. The lowest BCUT2D eigenvalue weighted by Crippen LogP contribution is -2.23. The monoisotopic (exact) mass is 372 g/mol. The van der Waals surface area contributed by atoms with E-state index in [0.717, 1.165) is 31.1 Å². The van der Waals surface area contributed by atoms with Gasteiger partial charge in [-0.15, -0.1) is 0 Å². The summed E-state index contributed by atoms with van der Waals surface area (Å²) in [6.07, 6.45) is 0. The Hall–Kier alpha value is -1.72. The number of fused-ring (bicyclic) bond motifs is 1. The van der Waals surface area contributed by atoms with Crippen molar-refractivity contribution < 1.29 is 4.79 Å². The smallest absolute Gasteiger partial charge is 0.250 e. The zero-order valence-corrected chi connectivity index (χ0v) is 14.0. The number of para-hydroxylation sites is 1. The number of benzene rings is 2. The van der Waals surface area contributed by atoms with E-state index in [-0.39, 0.29) is 11.9 Å². The van der Waals surface area contributed by atoms with Gasteiger partial charge in [0.1, 0.15) is 0 Å². The van der Waals surface area contributed by atoms with Gasteiger partial charge in [-0.1, -0.05) is 52.0 Å². The van der Waals surface area contributed by atoms with Gasteiger partial charge >= 0.3 is 0 Å². The molecule has 0 spiro atoms. The van der Waals surface area contributed by atoms with E-state index in [2.05, 4.69) is 50.8 Å². The minimum Gasteiger partial charge on any atom is -0.373 e. The highest BCUT2D eigenvalue weighted by Crippen LogP contribution is 2.44. The molecule has 0 saturated heterocycles. The summed E-state index contributed by atoms with van der Waals surface area (Å²) < 4.78 is 1.03. The number of rotatable bonds is 1. The third-order valence-corrected chi connectivity index (χ3v) is 5.58. The van der Waals surface area contributed by atoms with Crippen molar-refractivity contribution in [2.75, 3.05) is 11.9 Å². The number of amides is 1. The molecule has 0 fully saturated rings. The van der Waals surface area contributed by atoms with Crippen molar-refractivity contribution in [3.8, 4) is 0 Å². The Morgan fingerprint density at radius 3 is 2.68 bits per heavy atom. The molecule has 2 aliphatic rings. The minimum atomic E-state index is -0.123. The summed E-state index contributed by atoms with van der Waals surface area (Å²) >= 11 is 5.14. The van der Waals surface area contributed by atoms with Gasteiger partial charge < -0.3 is 10.6 Å². The molecule has 3 nitrogen and oxygen atoms in total. The Labute approximate surface area is 141 Å². The van der Waals surface area contributed by atoms with Crippen molar-refractivity contribution in [2.24, 2.45) is 0 Å². The minimum absolute atomic E-state index is 0.0238. The lowest BCUT2D eigenvalue weighted by atomic mass is 9.98. The molecule has 2 aliphatic heterocycles. The van der Waals surface area contributed by atoms with Crippen molar-refractivity contribution in [3.63, 3.8) is 0 Å². The van der Waals surface area contributed by atoms with E-state index >= 15 is 0 Å². The fourth-order valence-electron chi connectivity index (χ4n) is 2.80. The summed E-state index contributed by atoms with van der Waals surface area (Å²) in [7, 11) is 0. The van der Waals surface area contributed by atoms with Gasteiger partial charge in [0.05, 0.1) is 11.6 Å². The van der Waals surface area contributed by atoms with Crippen LogP contribution in [0.2, 0.25) is 0 Å². The zero-order chi connectivity index (χ0) is 15.1. The first kappa shape index (κ1) is 13.9. The Morgan fingerprint density at radius 2 is 1.86 bits per heavy atom. The molecule has 0 unspecified atom stereocenters. The topological polar surface area (TPSA) is 41.1 Å². The van der Waals surface area contributed by atoms with Gasteiger partial charge in [-0.25, -0.2) is 0 Å². The number of thioether (sulfide) groups is 1. The van der Waals surface area contributed by atoms with Crippen molar-refractivity contribution >= 4 is 39.3 Å². The molecule has 110 valence electrons. The molecule has 0 saturated carbocycles. The predicted octanol–water partition coefficient (Wildman–Crippen LogP) is 4.09. The average Bonchev–Trinajstić information content (AvgIpc) is 2.79. The van der Waals surface area contributed by atoms with Crippen molar-refractivity contribution in [1.82, 2.24) is 5.32 Å². The van der Waals surface area contributed by atoms with Crippen LogP contribution < -0.4 is 10.6 Å². The highest BCUT2D eigenvalue weighted by molar-refractivity contribution is 9.10. The summed E-state index contributed by atoms with van der Waals surface area (Å²) in [6, 6.07) is 16.2. The second-order valence-electron chi connectivity index (χ2n) is 5.25. The lowest BCUT2D eigenvalue weighted by Gasteiger charge is -2.20. The molecule has 0 radical (unpaired) electrons. The summed E-state index contributed by atoms with van der Waals surface area (Å²) in [4.78, 5) is 14.6. The molecule has 2 heterocycles. The average molecular weight is 373 g/mol. The van der Waals surface area contributed by atoms with Gasteiger partial charge in [-0.05, 0) is 29.8 Å². The van der Waals surface area contributed by atoms with E-state index in [1.54, 1.807) is 11.8 Å². The van der Waals surface area contributed by atoms with Gasteiger partial charge in [-0.3, -0.25) is 4.79 Å². The van der Waals surface area contributed by atoms with Gasteiger partial charge in [0.25, 0.3) is 5.91 Å². The first-order valence-corrected chi connectivity index (χ1v) is 8.63. The number of nitrogens with one attached hydrogen (secondary N) is 2. The molecule has 2 aromatic rings.